The number of anilines is 1. The number of aromatic nitrogens is 1. The molecule has 0 aliphatic rings. The maximum Gasteiger partial charge on any atom is 0.408 e. The third-order valence-electron chi connectivity index (χ3n) is 1.85. The van der Waals surface area contributed by atoms with Gasteiger partial charge < -0.3 is 16.8 Å². The lowest BCUT2D eigenvalue weighted by molar-refractivity contribution is -0.118. The first-order valence-electron chi connectivity index (χ1n) is 5.19. The van der Waals surface area contributed by atoms with Gasteiger partial charge in [-0.3, -0.25) is 0 Å². The van der Waals surface area contributed by atoms with Gasteiger partial charge in [0, 0.05) is 5.38 Å². The summed E-state index contributed by atoms with van der Waals surface area (Å²) in [6.45, 7) is -0.743. The minimum Gasteiger partial charge on any atom is -0.370 e. The van der Waals surface area contributed by atoms with Crippen molar-refractivity contribution in [3.8, 4) is 0 Å². The molecule has 0 saturated carbocycles. The normalized spacial score (nSPS) is 12.8. The number of aliphatic imine (C=N–C) groups is 1. The number of nitrogens with two attached hydrogens (primary N) is 2. The molecule has 102 valence electrons. The Labute approximate surface area is 106 Å². The van der Waals surface area contributed by atoms with Crippen LogP contribution in [0.5, 0.6) is 0 Å². The number of rotatable bonds is 5. The van der Waals surface area contributed by atoms with Crippen molar-refractivity contribution in [2.75, 3.05) is 18.4 Å². The standard InChI is InChI=1S/C9H14F3N5S/c10-9(11,12)5-15-7(14)17-8-16-6(4-18-8)2-1-3-13/h4H,1-3,5,13H2,(H3,14,15,16,17). The monoisotopic (exact) mass is 281 g/mol. The van der Waals surface area contributed by atoms with E-state index in [4.69, 9.17) is 11.5 Å². The lowest BCUT2D eigenvalue weighted by atomic mass is 10.2. The lowest BCUT2D eigenvalue weighted by Gasteiger charge is -2.04. The van der Waals surface area contributed by atoms with Crippen LogP contribution in [-0.2, 0) is 6.42 Å². The van der Waals surface area contributed by atoms with Gasteiger partial charge in [0.1, 0.15) is 6.54 Å². The molecule has 0 amide bonds. The molecular weight excluding hydrogens is 267 g/mol. The Morgan fingerprint density at radius 1 is 1.50 bits per heavy atom. The summed E-state index contributed by atoms with van der Waals surface area (Å²) in [4.78, 5) is 7.31. The number of thiazole rings is 1. The summed E-state index contributed by atoms with van der Waals surface area (Å²) < 4.78 is 35.6. The van der Waals surface area contributed by atoms with Gasteiger partial charge in [0.25, 0.3) is 0 Å². The number of aryl methyl sites for hydroxylation is 1. The lowest BCUT2D eigenvalue weighted by Crippen LogP contribution is -2.25. The number of halogens is 3. The van der Waals surface area contributed by atoms with Gasteiger partial charge in [0.05, 0.1) is 5.69 Å². The molecule has 18 heavy (non-hydrogen) atoms. The van der Waals surface area contributed by atoms with Gasteiger partial charge in [-0.2, -0.15) is 13.2 Å². The van der Waals surface area contributed by atoms with Crippen LogP contribution in [0.1, 0.15) is 12.1 Å². The number of guanidine groups is 1. The van der Waals surface area contributed by atoms with Crippen molar-refractivity contribution in [1.82, 2.24) is 4.98 Å². The van der Waals surface area contributed by atoms with Crippen LogP contribution in [0.2, 0.25) is 0 Å². The van der Waals surface area contributed by atoms with Crippen LogP contribution in [0.15, 0.2) is 10.4 Å². The molecule has 5 nitrogen and oxygen atoms in total. The molecule has 1 heterocycles. The summed E-state index contributed by atoms with van der Waals surface area (Å²) in [5.41, 5.74) is 11.5. The number of hydrogen-bond donors (Lipinski definition) is 3. The summed E-state index contributed by atoms with van der Waals surface area (Å²) >= 11 is 1.26. The molecule has 0 atom stereocenters. The van der Waals surface area contributed by atoms with Crippen LogP contribution < -0.4 is 16.8 Å². The molecule has 0 radical (unpaired) electrons. The van der Waals surface area contributed by atoms with E-state index in [1.807, 2.05) is 0 Å². The fourth-order valence-electron chi connectivity index (χ4n) is 1.09. The van der Waals surface area contributed by atoms with Crippen molar-refractivity contribution in [2.24, 2.45) is 16.5 Å². The quantitative estimate of drug-likeness (QED) is 0.561. The third kappa shape index (κ3) is 5.82. The van der Waals surface area contributed by atoms with Gasteiger partial charge in [0.2, 0.25) is 0 Å². The van der Waals surface area contributed by atoms with Gasteiger partial charge in [-0.25, -0.2) is 9.98 Å². The second-order valence-electron chi connectivity index (χ2n) is 3.48. The molecule has 0 fully saturated rings. The maximum absolute atomic E-state index is 11.9. The summed E-state index contributed by atoms with van der Waals surface area (Å²) in [5.74, 6) is -0.299. The molecular formula is C9H14F3N5S. The van der Waals surface area contributed by atoms with Crippen LogP contribution in [0, 0.1) is 0 Å². The molecule has 0 aromatic carbocycles. The van der Waals surface area contributed by atoms with E-state index in [1.54, 1.807) is 5.38 Å². The van der Waals surface area contributed by atoms with Crippen molar-refractivity contribution in [3.05, 3.63) is 11.1 Å². The Hall–Kier alpha value is -1.35. The average molecular weight is 281 g/mol. The number of nitrogens with one attached hydrogen (secondary N) is 1. The average Bonchev–Trinajstić information content (AvgIpc) is 2.70. The Kier molecular flexibility index (Phi) is 5.35. The van der Waals surface area contributed by atoms with Crippen molar-refractivity contribution in [3.63, 3.8) is 0 Å². The first kappa shape index (κ1) is 14.7. The zero-order chi connectivity index (χ0) is 13.6. The minimum atomic E-state index is -4.36. The molecule has 0 saturated heterocycles. The number of alkyl halides is 3. The zero-order valence-electron chi connectivity index (χ0n) is 9.50. The number of hydrogen-bond acceptors (Lipinski definition) is 4. The Morgan fingerprint density at radius 2 is 2.22 bits per heavy atom. The predicted molar refractivity (Wildman–Crippen MR) is 65.7 cm³/mol. The second kappa shape index (κ2) is 6.55. The first-order chi connectivity index (χ1) is 8.40. The molecule has 0 aliphatic carbocycles. The smallest absolute Gasteiger partial charge is 0.370 e. The molecule has 1 aromatic heterocycles. The van der Waals surface area contributed by atoms with Crippen LogP contribution in [-0.4, -0.2) is 30.2 Å². The summed E-state index contributed by atoms with van der Waals surface area (Å²) in [5, 5.41) is 4.74. The van der Waals surface area contributed by atoms with Gasteiger partial charge in [-0.15, -0.1) is 11.3 Å². The molecule has 0 aliphatic heterocycles. The molecule has 1 rings (SSSR count). The summed E-state index contributed by atoms with van der Waals surface area (Å²) in [6, 6.07) is 0. The molecule has 0 unspecified atom stereocenters. The van der Waals surface area contributed by atoms with E-state index in [9.17, 15) is 13.2 Å². The highest BCUT2D eigenvalue weighted by atomic mass is 32.1. The molecule has 1 aromatic rings. The van der Waals surface area contributed by atoms with Crippen LogP contribution in [0.4, 0.5) is 18.3 Å². The largest absolute Gasteiger partial charge is 0.408 e. The molecule has 9 heteroatoms. The minimum absolute atomic E-state index is 0.299. The third-order valence-corrected chi connectivity index (χ3v) is 2.66. The van der Waals surface area contributed by atoms with Crippen molar-refractivity contribution < 1.29 is 13.2 Å². The fraction of sp³-hybridized carbons (Fsp3) is 0.556. The molecule has 5 N–H and O–H groups in total. The molecule has 0 bridgehead atoms. The molecule has 0 spiro atoms. The van der Waals surface area contributed by atoms with Gasteiger partial charge in [0.15, 0.2) is 11.1 Å². The van der Waals surface area contributed by atoms with E-state index >= 15 is 0 Å². The van der Waals surface area contributed by atoms with E-state index in [-0.39, 0.29) is 5.96 Å². The van der Waals surface area contributed by atoms with Crippen LogP contribution in [0.25, 0.3) is 0 Å². The van der Waals surface area contributed by atoms with E-state index in [0.29, 0.717) is 11.7 Å². The maximum atomic E-state index is 11.9. The topological polar surface area (TPSA) is 89.3 Å². The predicted octanol–water partition coefficient (Wildman–Crippen LogP) is 1.32. The van der Waals surface area contributed by atoms with Gasteiger partial charge in [-0.1, -0.05) is 0 Å². The van der Waals surface area contributed by atoms with Crippen molar-refractivity contribution >= 4 is 22.4 Å². The fourth-order valence-corrected chi connectivity index (χ4v) is 1.84. The number of nitrogens with zero attached hydrogens (tertiary/aromatic N) is 2. The van der Waals surface area contributed by atoms with Crippen LogP contribution in [0.3, 0.4) is 0 Å². The van der Waals surface area contributed by atoms with Gasteiger partial charge in [-0.05, 0) is 19.4 Å². The summed E-state index contributed by atoms with van der Waals surface area (Å²) in [7, 11) is 0. The highest BCUT2D eigenvalue weighted by molar-refractivity contribution is 7.13. The highest BCUT2D eigenvalue weighted by Gasteiger charge is 2.26. The zero-order valence-corrected chi connectivity index (χ0v) is 10.3. The van der Waals surface area contributed by atoms with E-state index in [2.05, 4.69) is 15.3 Å². The Morgan fingerprint density at radius 3 is 2.83 bits per heavy atom. The van der Waals surface area contributed by atoms with Gasteiger partial charge >= 0.3 is 6.18 Å². The Bertz CT molecular complexity index is 401. The Balaban J connectivity index is 2.49. The first-order valence-corrected chi connectivity index (χ1v) is 6.07. The van der Waals surface area contributed by atoms with Crippen molar-refractivity contribution in [2.45, 2.75) is 19.0 Å². The second-order valence-corrected chi connectivity index (χ2v) is 4.34. The van der Waals surface area contributed by atoms with E-state index in [1.165, 1.54) is 11.3 Å². The highest BCUT2D eigenvalue weighted by Crippen LogP contribution is 2.17. The van der Waals surface area contributed by atoms with E-state index < -0.39 is 12.7 Å². The SMILES string of the molecule is NCCCc1csc(NC(N)=NCC(F)(F)F)n1. The summed E-state index contributed by atoms with van der Waals surface area (Å²) in [6.07, 6.45) is -2.82. The van der Waals surface area contributed by atoms with Crippen LogP contribution >= 0.6 is 11.3 Å². The van der Waals surface area contributed by atoms with Crippen molar-refractivity contribution in [1.29, 1.82) is 0 Å². The van der Waals surface area contributed by atoms with E-state index in [0.717, 1.165) is 18.5 Å².